The fourth-order valence-electron chi connectivity index (χ4n) is 4.55. The van der Waals surface area contributed by atoms with Crippen LogP contribution < -0.4 is 0 Å². The summed E-state index contributed by atoms with van der Waals surface area (Å²) in [5, 5.41) is 4.49. The minimum Gasteiger partial charge on any atom is -0.337 e. The Morgan fingerprint density at radius 2 is 1.82 bits per heavy atom. The third kappa shape index (κ3) is 3.07. The van der Waals surface area contributed by atoms with Crippen LogP contribution in [0.2, 0.25) is 0 Å². The molecular weight excluding hydrogens is 350 g/mol. The molecule has 0 N–H and O–H groups in total. The van der Waals surface area contributed by atoms with Crippen molar-refractivity contribution in [2.24, 2.45) is 0 Å². The number of likely N-dealkylation sites (tertiary alicyclic amines) is 2. The summed E-state index contributed by atoms with van der Waals surface area (Å²) in [6, 6.07) is 12.5. The van der Waals surface area contributed by atoms with Crippen molar-refractivity contribution < 1.29 is 4.79 Å². The minimum atomic E-state index is 0.0484. The van der Waals surface area contributed by atoms with Crippen molar-refractivity contribution in [2.45, 2.75) is 31.7 Å². The molecule has 4 heterocycles. The van der Waals surface area contributed by atoms with Gasteiger partial charge in [0.25, 0.3) is 5.91 Å². The number of carbonyl (C=O) groups is 1. The molecule has 1 aromatic carbocycles. The zero-order chi connectivity index (χ0) is 18.9. The summed E-state index contributed by atoms with van der Waals surface area (Å²) >= 11 is 0. The van der Waals surface area contributed by atoms with Crippen LogP contribution >= 0.6 is 0 Å². The SMILES string of the molecule is O=C(c1cnn2c(-c3ccccc3)ccnc12)N1CCC(N2CCCCC2)C1. The van der Waals surface area contributed by atoms with Crippen LogP contribution in [0.4, 0.5) is 0 Å². The fraction of sp³-hybridized carbons (Fsp3) is 0.409. The predicted molar refractivity (Wildman–Crippen MR) is 108 cm³/mol. The van der Waals surface area contributed by atoms with Crippen molar-refractivity contribution in [1.29, 1.82) is 0 Å². The minimum absolute atomic E-state index is 0.0484. The van der Waals surface area contributed by atoms with Gasteiger partial charge in [0.2, 0.25) is 0 Å². The number of fused-ring (bicyclic) bond motifs is 1. The highest BCUT2D eigenvalue weighted by Gasteiger charge is 2.32. The van der Waals surface area contributed by atoms with E-state index >= 15 is 0 Å². The van der Waals surface area contributed by atoms with E-state index in [0.29, 0.717) is 17.3 Å². The normalized spacial score (nSPS) is 20.7. The predicted octanol–water partition coefficient (Wildman–Crippen LogP) is 3.10. The number of hydrogen-bond donors (Lipinski definition) is 0. The summed E-state index contributed by atoms with van der Waals surface area (Å²) in [6.45, 7) is 3.97. The average molecular weight is 375 g/mol. The zero-order valence-electron chi connectivity index (χ0n) is 16.0. The number of amides is 1. The molecule has 2 saturated heterocycles. The first-order valence-electron chi connectivity index (χ1n) is 10.2. The Bertz CT molecular complexity index is 977. The summed E-state index contributed by atoms with van der Waals surface area (Å²) < 4.78 is 1.78. The van der Waals surface area contributed by atoms with E-state index in [-0.39, 0.29) is 5.91 Å². The van der Waals surface area contributed by atoms with Crippen LogP contribution in [-0.4, -0.2) is 62.5 Å². The van der Waals surface area contributed by atoms with Crippen LogP contribution in [0.15, 0.2) is 48.8 Å². The van der Waals surface area contributed by atoms with E-state index in [1.54, 1.807) is 16.9 Å². The van der Waals surface area contributed by atoms with Crippen molar-refractivity contribution in [3.8, 4) is 11.3 Å². The van der Waals surface area contributed by atoms with Gasteiger partial charge in [-0.1, -0.05) is 36.8 Å². The summed E-state index contributed by atoms with van der Waals surface area (Å²) in [5.74, 6) is 0.0484. The highest BCUT2D eigenvalue weighted by Crippen LogP contribution is 2.24. The second kappa shape index (κ2) is 7.36. The molecule has 0 aliphatic carbocycles. The molecule has 2 aliphatic heterocycles. The van der Waals surface area contributed by atoms with Gasteiger partial charge in [0.15, 0.2) is 5.65 Å². The molecule has 6 heteroatoms. The lowest BCUT2D eigenvalue weighted by Gasteiger charge is -2.32. The number of rotatable bonds is 3. The van der Waals surface area contributed by atoms with Gasteiger partial charge in [0.05, 0.1) is 11.9 Å². The first-order chi connectivity index (χ1) is 13.8. The van der Waals surface area contributed by atoms with Crippen LogP contribution in [0.1, 0.15) is 36.0 Å². The zero-order valence-corrected chi connectivity index (χ0v) is 16.0. The lowest BCUT2D eigenvalue weighted by molar-refractivity contribution is 0.0773. The standard InChI is InChI=1S/C22H25N5O/c28-22(26-14-10-18(16-26)25-12-5-2-6-13-25)19-15-24-27-20(9-11-23-21(19)27)17-7-3-1-4-8-17/h1,3-4,7-9,11,15,18H,2,5-6,10,12-14,16H2. The molecule has 0 saturated carbocycles. The number of piperidine rings is 1. The molecule has 2 aromatic heterocycles. The van der Waals surface area contributed by atoms with Crippen LogP contribution in [-0.2, 0) is 0 Å². The van der Waals surface area contributed by atoms with Crippen LogP contribution in [0, 0.1) is 0 Å². The second-order valence-corrected chi connectivity index (χ2v) is 7.78. The van der Waals surface area contributed by atoms with Crippen molar-refractivity contribution in [3.05, 3.63) is 54.4 Å². The molecule has 2 aliphatic rings. The maximum atomic E-state index is 13.2. The smallest absolute Gasteiger partial charge is 0.259 e. The Balaban J connectivity index is 1.40. The summed E-state index contributed by atoms with van der Waals surface area (Å²) in [6.07, 6.45) is 8.40. The maximum absolute atomic E-state index is 13.2. The number of nitrogens with zero attached hydrogens (tertiary/aromatic N) is 5. The Morgan fingerprint density at radius 1 is 1.00 bits per heavy atom. The van der Waals surface area contributed by atoms with Gasteiger partial charge < -0.3 is 4.90 Å². The second-order valence-electron chi connectivity index (χ2n) is 7.78. The first kappa shape index (κ1) is 17.4. The van der Waals surface area contributed by atoms with Crippen molar-refractivity contribution in [1.82, 2.24) is 24.4 Å². The van der Waals surface area contributed by atoms with Crippen LogP contribution in [0.25, 0.3) is 16.9 Å². The molecule has 1 unspecified atom stereocenters. The molecular formula is C22H25N5O. The summed E-state index contributed by atoms with van der Waals surface area (Å²) in [7, 11) is 0. The molecule has 2 fully saturated rings. The number of carbonyl (C=O) groups excluding carboxylic acids is 1. The molecule has 1 atom stereocenters. The highest BCUT2D eigenvalue weighted by atomic mass is 16.2. The Kier molecular flexibility index (Phi) is 4.56. The molecule has 6 nitrogen and oxygen atoms in total. The summed E-state index contributed by atoms with van der Waals surface area (Å²) in [5.41, 5.74) is 3.23. The Hall–Kier alpha value is -2.73. The molecule has 144 valence electrons. The monoisotopic (exact) mass is 375 g/mol. The first-order valence-corrected chi connectivity index (χ1v) is 10.2. The largest absolute Gasteiger partial charge is 0.337 e. The van der Waals surface area contributed by atoms with E-state index in [1.807, 2.05) is 41.3 Å². The van der Waals surface area contributed by atoms with E-state index < -0.39 is 0 Å². The average Bonchev–Trinajstić information content (AvgIpc) is 3.42. The van der Waals surface area contributed by atoms with Gasteiger partial charge in [-0.25, -0.2) is 9.50 Å². The van der Waals surface area contributed by atoms with Gasteiger partial charge in [0, 0.05) is 30.9 Å². The topological polar surface area (TPSA) is 53.7 Å². The quantitative estimate of drug-likeness (QED) is 0.706. The van der Waals surface area contributed by atoms with E-state index in [9.17, 15) is 4.79 Å². The molecule has 28 heavy (non-hydrogen) atoms. The summed E-state index contributed by atoms with van der Waals surface area (Å²) in [4.78, 5) is 22.2. The molecule has 0 spiro atoms. The molecule has 1 amide bonds. The third-order valence-electron chi connectivity index (χ3n) is 6.06. The van der Waals surface area contributed by atoms with Crippen molar-refractivity contribution >= 4 is 11.6 Å². The Morgan fingerprint density at radius 3 is 2.64 bits per heavy atom. The maximum Gasteiger partial charge on any atom is 0.259 e. The van der Waals surface area contributed by atoms with E-state index in [0.717, 1.165) is 30.8 Å². The molecule has 0 radical (unpaired) electrons. The lowest BCUT2D eigenvalue weighted by atomic mass is 10.1. The fourth-order valence-corrected chi connectivity index (χ4v) is 4.55. The molecule has 3 aromatic rings. The van der Waals surface area contributed by atoms with Gasteiger partial charge in [-0.15, -0.1) is 0 Å². The third-order valence-corrected chi connectivity index (χ3v) is 6.06. The number of hydrogen-bond acceptors (Lipinski definition) is 4. The van der Waals surface area contributed by atoms with E-state index in [2.05, 4.69) is 15.0 Å². The van der Waals surface area contributed by atoms with Gasteiger partial charge >= 0.3 is 0 Å². The Labute approximate surface area is 164 Å². The van der Waals surface area contributed by atoms with Crippen molar-refractivity contribution in [3.63, 3.8) is 0 Å². The van der Waals surface area contributed by atoms with E-state index in [1.165, 1.54) is 32.4 Å². The molecule has 5 rings (SSSR count). The van der Waals surface area contributed by atoms with Gasteiger partial charge in [-0.3, -0.25) is 9.69 Å². The highest BCUT2D eigenvalue weighted by molar-refractivity contribution is 6.00. The van der Waals surface area contributed by atoms with Crippen molar-refractivity contribution in [2.75, 3.05) is 26.2 Å². The molecule has 0 bridgehead atoms. The lowest BCUT2D eigenvalue weighted by Crippen LogP contribution is -2.41. The number of aromatic nitrogens is 3. The van der Waals surface area contributed by atoms with Crippen LogP contribution in [0.3, 0.4) is 0 Å². The van der Waals surface area contributed by atoms with Crippen LogP contribution in [0.5, 0.6) is 0 Å². The van der Waals surface area contributed by atoms with E-state index in [4.69, 9.17) is 0 Å². The van der Waals surface area contributed by atoms with Gasteiger partial charge in [-0.2, -0.15) is 5.10 Å². The van der Waals surface area contributed by atoms with Gasteiger partial charge in [-0.05, 0) is 38.4 Å². The van der Waals surface area contributed by atoms with Gasteiger partial charge in [0.1, 0.15) is 5.56 Å². The number of benzene rings is 1.